The monoisotopic (exact) mass is 259 g/mol. The summed E-state index contributed by atoms with van der Waals surface area (Å²) in [5.41, 5.74) is 6.36. The zero-order chi connectivity index (χ0) is 14.7. The first kappa shape index (κ1) is 16.8. The molecule has 0 spiro atoms. The van der Waals surface area contributed by atoms with Gasteiger partial charge in [0.25, 0.3) is 0 Å². The molecule has 0 saturated carbocycles. The molecule has 19 heavy (non-hydrogen) atoms. The van der Waals surface area contributed by atoms with Crippen molar-refractivity contribution in [3.05, 3.63) is 36.4 Å². The Labute approximate surface area is 114 Å². The maximum Gasteiger partial charge on any atom is 0.148 e. The van der Waals surface area contributed by atoms with E-state index in [1.165, 1.54) is 13.5 Å². The van der Waals surface area contributed by atoms with Crippen molar-refractivity contribution < 1.29 is 5.11 Å². The van der Waals surface area contributed by atoms with Gasteiger partial charge in [0.2, 0.25) is 0 Å². The Morgan fingerprint density at radius 1 is 1.16 bits per heavy atom. The molecule has 2 aromatic rings. The molecule has 0 saturated heterocycles. The van der Waals surface area contributed by atoms with E-state index in [0.717, 1.165) is 10.8 Å². The number of nitrogens with one attached hydrogen (secondary N) is 1. The van der Waals surface area contributed by atoms with Crippen LogP contribution in [-0.4, -0.2) is 18.9 Å². The van der Waals surface area contributed by atoms with Crippen LogP contribution in [0.25, 0.3) is 10.8 Å². The molecule has 0 amide bonds. The predicted octanol–water partition coefficient (Wildman–Crippen LogP) is 4.94. The molecule has 0 atom stereocenters. The minimum atomic E-state index is 0.202. The fourth-order valence-electron chi connectivity index (χ4n) is 1.37. The normalized spacial score (nSPS) is 8.58. The summed E-state index contributed by atoms with van der Waals surface area (Å²) in [7, 11) is 1.42. The molecule has 0 aliphatic heterocycles. The molecular weight excluding hydrogens is 238 g/mol. The molecular formula is C15H21N3O. The van der Waals surface area contributed by atoms with Crippen molar-refractivity contribution in [2.75, 3.05) is 7.05 Å². The van der Waals surface area contributed by atoms with Gasteiger partial charge in [-0.1, -0.05) is 50.6 Å². The molecule has 0 fully saturated rings. The number of phenols is 1. The van der Waals surface area contributed by atoms with Gasteiger partial charge in [-0.3, -0.25) is 4.99 Å². The molecule has 4 nitrogen and oxygen atoms in total. The van der Waals surface area contributed by atoms with Crippen LogP contribution in [0, 0.1) is 5.53 Å². The zero-order valence-electron chi connectivity index (χ0n) is 11.7. The summed E-state index contributed by atoms with van der Waals surface area (Å²) < 4.78 is 0. The lowest BCUT2D eigenvalue weighted by Crippen LogP contribution is -1.73. The van der Waals surface area contributed by atoms with Gasteiger partial charge in [0, 0.05) is 12.4 Å². The van der Waals surface area contributed by atoms with Crippen molar-refractivity contribution in [2.45, 2.75) is 20.3 Å². The van der Waals surface area contributed by atoms with Gasteiger partial charge in [-0.15, -0.1) is 0 Å². The van der Waals surface area contributed by atoms with Crippen LogP contribution in [0.5, 0.6) is 5.75 Å². The van der Waals surface area contributed by atoms with Crippen molar-refractivity contribution in [3.8, 4) is 5.75 Å². The lowest BCUT2D eigenvalue weighted by atomic mass is 10.1. The van der Waals surface area contributed by atoms with E-state index in [2.05, 4.69) is 30.7 Å². The minimum Gasteiger partial charge on any atom is -0.505 e. The smallest absolute Gasteiger partial charge is 0.148 e. The van der Waals surface area contributed by atoms with Crippen molar-refractivity contribution in [2.24, 2.45) is 10.1 Å². The average molecular weight is 259 g/mol. The first-order chi connectivity index (χ1) is 9.15. The molecule has 0 aliphatic carbocycles. The standard InChI is InChI=1S/C11H9NO.C3H8.CH4N2/c1-12-10-7-6-8-4-2-3-5-9(8)11(10)13;2*1-3-2/h2-7,13H,1H2;3H2,1-2H3;2H,1H3. The van der Waals surface area contributed by atoms with Crippen molar-refractivity contribution in [3.63, 3.8) is 0 Å². The van der Waals surface area contributed by atoms with Crippen molar-refractivity contribution >= 4 is 23.2 Å². The van der Waals surface area contributed by atoms with Gasteiger partial charge < -0.3 is 5.11 Å². The molecule has 0 radical (unpaired) electrons. The van der Waals surface area contributed by atoms with Gasteiger partial charge in [0.15, 0.2) is 0 Å². The number of fused-ring (bicyclic) bond motifs is 1. The fourth-order valence-corrected chi connectivity index (χ4v) is 1.37. The molecule has 102 valence electrons. The van der Waals surface area contributed by atoms with E-state index in [0.29, 0.717) is 5.69 Å². The zero-order valence-corrected chi connectivity index (χ0v) is 11.7. The Morgan fingerprint density at radius 2 is 1.68 bits per heavy atom. The Morgan fingerprint density at radius 3 is 2.21 bits per heavy atom. The van der Waals surface area contributed by atoms with Gasteiger partial charge in [-0.05, 0) is 18.2 Å². The number of aromatic hydroxyl groups is 1. The van der Waals surface area contributed by atoms with Gasteiger partial charge in [-0.25, -0.2) is 10.6 Å². The van der Waals surface area contributed by atoms with E-state index >= 15 is 0 Å². The first-order valence-corrected chi connectivity index (χ1v) is 6.09. The summed E-state index contributed by atoms with van der Waals surface area (Å²) in [4.78, 5) is 3.72. The van der Waals surface area contributed by atoms with E-state index in [1.54, 1.807) is 6.07 Å². The van der Waals surface area contributed by atoms with E-state index in [9.17, 15) is 5.11 Å². The maximum atomic E-state index is 9.72. The van der Waals surface area contributed by atoms with Crippen LogP contribution in [0.3, 0.4) is 0 Å². The number of rotatable bonds is 1. The third-order valence-electron chi connectivity index (χ3n) is 2.05. The summed E-state index contributed by atoms with van der Waals surface area (Å²) in [6, 6.07) is 11.3. The summed E-state index contributed by atoms with van der Waals surface area (Å²) in [5.74, 6) is 0.202. The van der Waals surface area contributed by atoms with Crippen LogP contribution >= 0.6 is 0 Å². The quantitative estimate of drug-likeness (QED) is 0.552. The summed E-state index contributed by atoms with van der Waals surface area (Å²) >= 11 is 0. The highest BCUT2D eigenvalue weighted by atomic mass is 16.3. The summed E-state index contributed by atoms with van der Waals surface area (Å²) in [6.07, 6.45) is 1.25. The number of aliphatic imine (C=N–C) groups is 1. The second kappa shape index (κ2) is 9.76. The van der Waals surface area contributed by atoms with Crippen LogP contribution in [0.1, 0.15) is 20.3 Å². The lowest BCUT2D eigenvalue weighted by molar-refractivity contribution is 0.483. The van der Waals surface area contributed by atoms with E-state index in [4.69, 9.17) is 5.53 Å². The number of phenolic OH excluding ortho intramolecular Hbond substituents is 1. The lowest BCUT2D eigenvalue weighted by Gasteiger charge is -2.02. The molecule has 0 aliphatic rings. The van der Waals surface area contributed by atoms with Crippen LogP contribution in [-0.2, 0) is 0 Å². The SMILES string of the molecule is C=Nc1ccc2ccccc2c1O.CCC.CN=N. The molecule has 0 heterocycles. The molecule has 2 N–H and O–H groups in total. The van der Waals surface area contributed by atoms with Crippen LogP contribution in [0.4, 0.5) is 5.69 Å². The largest absolute Gasteiger partial charge is 0.505 e. The Hall–Kier alpha value is -2.23. The van der Waals surface area contributed by atoms with Crippen molar-refractivity contribution in [1.29, 1.82) is 5.53 Å². The van der Waals surface area contributed by atoms with Gasteiger partial charge >= 0.3 is 0 Å². The molecule has 0 aromatic heterocycles. The van der Waals surface area contributed by atoms with Crippen LogP contribution in [0.15, 0.2) is 46.5 Å². The molecule has 0 bridgehead atoms. The highest BCUT2D eigenvalue weighted by Crippen LogP contribution is 2.33. The maximum absolute atomic E-state index is 9.72. The summed E-state index contributed by atoms with van der Waals surface area (Å²) in [5, 5.41) is 14.3. The third-order valence-corrected chi connectivity index (χ3v) is 2.05. The second-order valence-electron chi connectivity index (χ2n) is 3.74. The van der Waals surface area contributed by atoms with E-state index in [1.807, 2.05) is 30.3 Å². The van der Waals surface area contributed by atoms with Crippen LogP contribution < -0.4 is 0 Å². The summed E-state index contributed by atoms with van der Waals surface area (Å²) in [6.45, 7) is 7.64. The number of nitrogens with zero attached hydrogens (tertiary/aromatic N) is 2. The van der Waals surface area contributed by atoms with Crippen LogP contribution in [0.2, 0.25) is 0 Å². The Kier molecular flexibility index (Phi) is 8.62. The number of benzene rings is 2. The Bertz CT molecular complexity index is 524. The number of hydrogen-bond acceptors (Lipinski definition) is 4. The molecule has 2 rings (SSSR count). The average Bonchev–Trinajstić information content (AvgIpc) is 2.41. The van der Waals surface area contributed by atoms with E-state index in [-0.39, 0.29) is 5.75 Å². The van der Waals surface area contributed by atoms with Gasteiger partial charge in [0.1, 0.15) is 11.4 Å². The number of hydrogen-bond donors (Lipinski definition) is 2. The molecule has 0 unspecified atom stereocenters. The van der Waals surface area contributed by atoms with Gasteiger partial charge in [-0.2, -0.15) is 0 Å². The fraction of sp³-hybridized carbons (Fsp3) is 0.267. The topological polar surface area (TPSA) is 68.8 Å². The minimum absolute atomic E-state index is 0.202. The van der Waals surface area contributed by atoms with Crippen molar-refractivity contribution in [1.82, 2.24) is 0 Å². The van der Waals surface area contributed by atoms with Gasteiger partial charge in [0.05, 0.1) is 0 Å². The first-order valence-electron chi connectivity index (χ1n) is 6.09. The third kappa shape index (κ3) is 5.29. The Balaban J connectivity index is 0.000000465. The predicted molar refractivity (Wildman–Crippen MR) is 81.9 cm³/mol. The molecule has 2 aromatic carbocycles. The second-order valence-corrected chi connectivity index (χ2v) is 3.74. The van der Waals surface area contributed by atoms with E-state index < -0.39 is 0 Å². The highest BCUT2D eigenvalue weighted by Gasteiger charge is 2.02. The highest BCUT2D eigenvalue weighted by molar-refractivity contribution is 5.92. The molecule has 4 heteroatoms.